The number of aryl methyl sites for hydroxylation is 1. The number of hydrogen-bond acceptors (Lipinski definition) is 8. The van der Waals surface area contributed by atoms with Crippen molar-refractivity contribution >= 4 is 29.4 Å². The second kappa shape index (κ2) is 5.83. The Morgan fingerprint density at radius 3 is 2.60 bits per heavy atom. The Bertz CT molecular complexity index is 621. The van der Waals surface area contributed by atoms with Crippen molar-refractivity contribution in [2.45, 2.75) is 17.8 Å². The van der Waals surface area contributed by atoms with Crippen molar-refractivity contribution in [3.05, 3.63) is 29.2 Å². The van der Waals surface area contributed by atoms with E-state index in [9.17, 15) is 4.79 Å². The summed E-state index contributed by atoms with van der Waals surface area (Å²) >= 11 is 1.32. The van der Waals surface area contributed by atoms with Crippen molar-refractivity contribution in [3.63, 3.8) is 0 Å². The van der Waals surface area contributed by atoms with Gasteiger partial charge in [0.05, 0.1) is 12.9 Å². The number of nitrogens with zero attached hydrogens (tertiary/aromatic N) is 2. The first-order valence-corrected chi connectivity index (χ1v) is 6.68. The lowest BCUT2D eigenvalue weighted by Gasteiger charge is -2.00. The minimum Gasteiger partial charge on any atom is -0.465 e. The summed E-state index contributed by atoms with van der Waals surface area (Å²) in [5, 5.41) is 0.455. The average Bonchev–Trinajstić information content (AvgIpc) is 2.76. The highest BCUT2D eigenvalue weighted by molar-refractivity contribution is 7.98. The van der Waals surface area contributed by atoms with Gasteiger partial charge < -0.3 is 20.6 Å². The van der Waals surface area contributed by atoms with Crippen LogP contribution in [-0.4, -0.2) is 23.0 Å². The Morgan fingerprint density at radius 2 is 2.00 bits per heavy atom. The van der Waals surface area contributed by atoms with E-state index in [0.717, 1.165) is 0 Å². The van der Waals surface area contributed by atoms with Crippen molar-refractivity contribution in [1.29, 1.82) is 0 Å². The van der Waals surface area contributed by atoms with Gasteiger partial charge >= 0.3 is 5.97 Å². The minimum atomic E-state index is -0.424. The zero-order valence-electron chi connectivity index (χ0n) is 11.0. The molecule has 0 aromatic carbocycles. The van der Waals surface area contributed by atoms with Gasteiger partial charge in [-0.2, -0.15) is 0 Å². The molecular formula is C12H14N4O3S. The van der Waals surface area contributed by atoms with Gasteiger partial charge in [0.25, 0.3) is 0 Å². The maximum Gasteiger partial charge on any atom is 0.341 e. The van der Waals surface area contributed by atoms with Crippen LogP contribution < -0.4 is 11.5 Å². The molecule has 4 N–H and O–H groups in total. The molecule has 0 unspecified atom stereocenters. The van der Waals surface area contributed by atoms with E-state index in [4.69, 9.17) is 15.9 Å². The van der Waals surface area contributed by atoms with Crippen LogP contribution in [0.2, 0.25) is 0 Å². The molecule has 0 aliphatic carbocycles. The Hall–Kier alpha value is -2.22. The predicted molar refractivity (Wildman–Crippen MR) is 75.2 cm³/mol. The van der Waals surface area contributed by atoms with Crippen molar-refractivity contribution in [3.8, 4) is 0 Å². The maximum atomic E-state index is 11.5. The lowest BCUT2D eigenvalue weighted by atomic mass is 10.2. The third-order valence-corrected chi connectivity index (χ3v) is 3.33. The molecule has 0 atom stereocenters. The first-order chi connectivity index (χ1) is 9.49. The molecule has 7 nitrogen and oxygen atoms in total. The zero-order valence-corrected chi connectivity index (χ0v) is 11.9. The van der Waals surface area contributed by atoms with Crippen LogP contribution in [0.15, 0.2) is 21.7 Å². The second-order valence-corrected chi connectivity index (χ2v) is 4.91. The van der Waals surface area contributed by atoms with Gasteiger partial charge in [-0.1, -0.05) is 11.8 Å². The molecule has 0 radical (unpaired) electrons. The molecule has 8 heteroatoms. The summed E-state index contributed by atoms with van der Waals surface area (Å²) in [6, 6.07) is 3.13. The fraction of sp³-hybridized carbons (Fsp3) is 0.250. The summed E-state index contributed by atoms with van der Waals surface area (Å²) in [6.07, 6.45) is 0. The summed E-state index contributed by atoms with van der Waals surface area (Å²) in [5.74, 6) is 1.79. The van der Waals surface area contributed by atoms with Crippen LogP contribution in [0, 0.1) is 6.92 Å². The number of anilines is 2. The van der Waals surface area contributed by atoms with Gasteiger partial charge in [-0.25, -0.2) is 14.8 Å². The molecule has 0 aliphatic heterocycles. The molecule has 0 bridgehead atoms. The molecule has 2 aromatic heterocycles. The molecule has 2 heterocycles. The average molecular weight is 294 g/mol. The fourth-order valence-corrected chi connectivity index (χ4v) is 2.34. The van der Waals surface area contributed by atoms with E-state index in [0.29, 0.717) is 39.6 Å². The summed E-state index contributed by atoms with van der Waals surface area (Å²) in [6.45, 7) is 1.70. The zero-order chi connectivity index (χ0) is 14.7. The normalized spacial score (nSPS) is 10.5. The molecule has 0 spiro atoms. The molecule has 2 rings (SSSR count). The largest absolute Gasteiger partial charge is 0.465 e. The molecule has 106 valence electrons. The molecule has 20 heavy (non-hydrogen) atoms. The standard InChI is InChI=1S/C12H14N4O3S/c1-6-8(11(17)18-2)3-7(19-6)5-20-12-15-9(13)4-10(14)16-12/h3-4H,5H2,1-2H3,(H4,13,14,15,16). The van der Waals surface area contributed by atoms with Crippen molar-refractivity contribution in [2.24, 2.45) is 0 Å². The summed E-state index contributed by atoms with van der Waals surface area (Å²) < 4.78 is 10.1. The van der Waals surface area contributed by atoms with E-state index in [1.807, 2.05) is 0 Å². The number of nitrogens with two attached hydrogens (primary N) is 2. The van der Waals surface area contributed by atoms with Crippen molar-refractivity contribution in [2.75, 3.05) is 18.6 Å². The number of esters is 1. The minimum absolute atomic E-state index is 0.311. The Labute approximate surface area is 119 Å². The first kappa shape index (κ1) is 14.2. The summed E-state index contributed by atoms with van der Waals surface area (Å²) in [7, 11) is 1.33. The van der Waals surface area contributed by atoms with Gasteiger partial charge in [-0.3, -0.25) is 0 Å². The summed E-state index contributed by atoms with van der Waals surface area (Å²) in [5.41, 5.74) is 11.6. The number of carbonyl (C=O) groups is 1. The van der Waals surface area contributed by atoms with Gasteiger partial charge in [-0.05, 0) is 13.0 Å². The highest BCUT2D eigenvalue weighted by atomic mass is 32.2. The van der Waals surface area contributed by atoms with Crippen LogP contribution in [0.4, 0.5) is 11.6 Å². The third-order valence-electron chi connectivity index (χ3n) is 2.46. The number of methoxy groups -OCH3 is 1. The number of ether oxygens (including phenoxy) is 1. The molecule has 0 amide bonds. The topological polar surface area (TPSA) is 117 Å². The Morgan fingerprint density at radius 1 is 1.35 bits per heavy atom. The Balaban J connectivity index is 2.09. The fourth-order valence-electron chi connectivity index (χ4n) is 1.59. The number of rotatable bonds is 4. The van der Waals surface area contributed by atoms with Gasteiger partial charge in [0.15, 0.2) is 5.16 Å². The second-order valence-electron chi connectivity index (χ2n) is 3.96. The van der Waals surface area contributed by atoms with Gasteiger partial charge in [0, 0.05) is 6.07 Å². The Kier molecular flexibility index (Phi) is 4.14. The lowest BCUT2D eigenvalue weighted by molar-refractivity contribution is 0.0599. The van der Waals surface area contributed by atoms with Gasteiger partial charge in [0.1, 0.15) is 28.7 Å². The highest BCUT2D eigenvalue weighted by Gasteiger charge is 2.15. The number of carbonyl (C=O) groups excluding carboxylic acids is 1. The summed E-state index contributed by atoms with van der Waals surface area (Å²) in [4.78, 5) is 19.6. The van der Waals surface area contributed by atoms with E-state index >= 15 is 0 Å². The third kappa shape index (κ3) is 3.21. The first-order valence-electron chi connectivity index (χ1n) is 5.70. The SMILES string of the molecule is COC(=O)c1cc(CSc2nc(N)cc(N)n2)oc1C. The van der Waals surface area contributed by atoms with Crippen LogP contribution >= 0.6 is 11.8 Å². The number of hydrogen-bond donors (Lipinski definition) is 2. The van der Waals surface area contributed by atoms with E-state index < -0.39 is 5.97 Å². The monoisotopic (exact) mass is 294 g/mol. The molecule has 2 aromatic rings. The maximum absolute atomic E-state index is 11.5. The van der Waals surface area contributed by atoms with Crippen LogP contribution in [0.5, 0.6) is 0 Å². The number of aromatic nitrogens is 2. The predicted octanol–water partition coefficient (Wildman–Crippen LogP) is 1.62. The van der Waals surface area contributed by atoms with E-state index in [1.54, 1.807) is 13.0 Å². The van der Waals surface area contributed by atoms with E-state index in [1.165, 1.54) is 24.9 Å². The van der Waals surface area contributed by atoms with Crippen molar-refractivity contribution in [1.82, 2.24) is 9.97 Å². The quantitative estimate of drug-likeness (QED) is 0.496. The molecule has 0 saturated heterocycles. The van der Waals surface area contributed by atoms with Crippen LogP contribution in [0.25, 0.3) is 0 Å². The van der Waals surface area contributed by atoms with Crippen molar-refractivity contribution < 1.29 is 13.9 Å². The van der Waals surface area contributed by atoms with Crippen LogP contribution in [0.3, 0.4) is 0 Å². The van der Waals surface area contributed by atoms with Crippen LogP contribution in [0.1, 0.15) is 21.9 Å². The smallest absolute Gasteiger partial charge is 0.341 e. The van der Waals surface area contributed by atoms with Gasteiger partial charge in [0.2, 0.25) is 0 Å². The van der Waals surface area contributed by atoms with E-state index in [2.05, 4.69) is 14.7 Å². The molecular weight excluding hydrogens is 280 g/mol. The molecule has 0 aliphatic rings. The molecule has 0 fully saturated rings. The molecule has 0 saturated carbocycles. The van der Waals surface area contributed by atoms with E-state index in [-0.39, 0.29) is 0 Å². The highest BCUT2D eigenvalue weighted by Crippen LogP contribution is 2.24. The van der Waals surface area contributed by atoms with Crippen LogP contribution in [-0.2, 0) is 10.5 Å². The number of thioether (sulfide) groups is 1. The number of nitrogen functional groups attached to an aromatic ring is 2. The number of furan rings is 1. The van der Waals surface area contributed by atoms with Gasteiger partial charge in [-0.15, -0.1) is 0 Å². The lowest BCUT2D eigenvalue weighted by Crippen LogP contribution is -2.00.